The summed E-state index contributed by atoms with van der Waals surface area (Å²) in [5.41, 5.74) is 1.64. The zero-order chi connectivity index (χ0) is 19.8. The number of likely N-dealkylation sites (N-methyl/N-ethyl adjacent to an activating group) is 1. The van der Waals surface area contributed by atoms with E-state index in [1.807, 2.05) is 38.4 Å². The molecule has 27 heavy (non-hydrogen) atoms. The van der Waals surface area contributed by atoms with Crippen molar-refractivity contribution in [1.82, 2.24) is 4.90 Å². The van der Waals surface area contributed by atoms with E-state index in [9.17, 15) is 15.0 Å². The van der Waals surface area contributed by atoms with E-state index in [0.717, 1.165) is 29.2 Å². The van der Waals surface area contributed by atoms with Crippen molar-refractivity contribution in [3.63, 3.8) is 0 Å². The zero-order valence-corrected chi connectivity index (χ0v) is 16.6. The summed E-state index contributed by atoms with van der Waals surface area (Å²) >= 11 is 1.33. The molecule has 0 amide bonds. The normalized spacial score (nSPS) is 13.2. The van der Waals surface area contributed by atoms with E-state index < -0.39 is 17.3 Å². The predicted octanol–water partition coefficient (Wildman–Crippen LogP) is 2.95. The number of aliphatic carboxylic acids is 1. The van der Waals surface area contributed by atoms with E-state index in [1.165, 1.54) is 11.8 Å². The van der Waals surface area contributed by atoms with Crippen LogP contribution in [0.15, 0.2) is 53.4 Å². The van der Waals surface area contributed by atoms with E-state index in [4.69, 9.17) is 4.74 Å². The van der Waals surface area contributed by atoms with Crippen molar-refractivity contribution in [3.05, 3.63) is 54.1 Å². The summed E-state index contributed by atoms with van der Waals surface area (Å²) in [5, 5.41) is 22.4. The van der Waals surface area contributed by atoms with Crippen molar-refractivity contribution in [2.75, 3.05) is 39.6 Å². The van der Waals surface area contributed by atoms with Gasteiger partial charge in [0.15, 0.2) is 6.10 Å². The maximum Gasteiger partial charge on any atom is 0.334 e. The second kappa shape index (κ2) is 10.2. The molecular formula is C20H26N2O4S. The van der Waals surface area contributed by atoms with Crippen LogP contribution < -0.4 is 10.1 Å². The minimum absolute atomic E-state index is 0.648. The van der Waals surface area contributed by atoms with E-state index in [-0.39, 0.29) is 0 Å². The summed E-state index contributed by atoms with van der Waals surface area (Å²) in [7, 11) is 5.58. The molecule has 0 spiro atoms. The average Bonchev–Trinajstić information content (AvgIpc) is 2.66. The summed E-state index contributed by atoms with van der Waals surface area (Å²) < 4.78 is 5.16. The van der Waals surface area contributed by atoms with Crippen LogP contribution in [0.5, 0.6) is 5.75 Å². The van der Waals surface area contributed by atoms with Crippen LogP contribution in [0.3, 0.4) is 0 Å². The Labute approximate surface area is 164 Å². The number of carboxylic acid groups (broad SMARTS) is 1. The number of aliphatic hydroxyl groups is 1. The number of nitrogens with zero attached hydrogens (tertiary/aromatic N) is 1. The summed E-state index contributed by atoms with van der Waals surface area (Å²) in [6, 6.07) is 14.8. The summed E-state index contributed by atoms with van der Waals surface area (Å²) in [5.74, 6) is -0.570. The van der Waals surface area contributed by atoms with Gasteiger partial charge in [-0.25, -0.2) is 4.79 Å². The topological polar surface area (TPSA) is 82.0 Å². The smallest absolute Gasteiger partial charge is 0.334 e. The molecule has 2 atom stereocenters. The SMILES string of the molecule is COc1ccc([C@H](Sc2ccccc2NCCN(C)C)[C@@H](O)C(=O)O)cc1. The highest BCUT2D eigenvalue weighted by Crippen LogP contribution is 2.41. The minimum atomic E-state index is -1.53. The average molecular weight is 391 g/mol. The molecule has 0 radical (unpaired) electrons. The van der Waals surface area contributed by atoms with Crippen LogP contribution in [0.25, 0.3) is 0 Å². The lowest BCUT2D eigenvalue weighted by molar-refractivity contribution is -0.146. The molecule has 0 aliphatic rings. The van der Waals surface area contributed by atoms with Gasteiger partial charge in [-0.3, -0.25) is 0 Å². The lowest BCUT2D eigenvalue weighted by Crippen LogP contribution is -2.26. The van der Waals surface area contributed by atoms with Crippen LogP contribution in [-0.4, -0.2) is 61.5 Å². The van der Waals surface area contributed by atoms with Crippen molar-refractivity contribution in [3.8, 4) is 5.75 Å². The number of anilines is 1. The van der Waals surface area contributed by atoms with Crippen LogP contribution in [0, 0.1) is 0 Å². The van der Waals surface area contributed by atoms with Crippen molar-refractivity contribution >= 4 is 23.4 Å². The molecule has 146 valence electrons. The molecule has 0 aromatic heterocycles. The van der Waals surface area contributed by atoms with Gasteiger partial charge in [0.25, 0.3) is 0 Å². The number of benzene rings is 2. The molecule has 0 aliphatic carbocycles. The van der Waals surface area contributed by atoms with Crippen molar-refractivity contribution in [1.29, 1.82) is 0 Å². The molecular weight excluding hydrogens is 364 g/mol. The Morgan fingerprint density at radius 3 is 2.44 bits per heavy atom. The first-order valence-electron chi connectivity index (χ1n) is 8.61. The Hall–Kier alpha value is -2.22. The monoisotopic (exact) mass is 390 g/mol. The van der Waals surface area contributed by atoms with Gasteiger partial charge in [0.05, 0.1) is 12.4 Å². The fourth-order valence-corrected chi connectivity index (χ4v) is 3.74. The van der Waals surface area contributed by atoms with Crippen molar-refractivity contribution in [2.45, 2.75) is 16.2 Å². The third-order valence-corrected chi connectivity index (χ3v) is 5.39. The Morgan fingerprint density at radius 1 is 1.19 bits per heavy atom. The maximum absolute atomic E-state index is 11.5. The Bertz CT molecular complexity index is 737. The molecule has 0 bridgehead atoms. The molecule has 0 aliphatic heterocycles. The van der Waals surface area contributed by atoms with E-state index in [1.54, 1.807) is 31.4 Å². The number of methoxy groups -OCH3 is 1. The molecule has 6 nitrogen and oxygen atoms in total. The highest BCUT2D eigenvalue weighted by molar-refractivity contribution is 7.99. The predicted molar refractivity (Wildman–Crippen MR) is 109 cm³/mol. The molecule has 0 saturated heterocycles. The largest absolute Gasteiger partial charge is 0.497 e. The number of hydrogen-bond donors (Lipinski definition) is 3. The third kappa shape index (κ3) is 6.16. The maximum atomic E-state index is 11.5. The number of ether oxygens (including phenoxy) is 1. The Kier molecular flexibility index (Phi) is 7.97. The van der Waals surface area contributed by atoms with Gasteiger partial charge in [0.1, 0.15) is 5.75 Å². The fraction of sp³-hybridized carbons (Fsp3) is 0.350. The number of carboxylic acids is 1. The van der Waals surface area contributed by atoms with Gasteiger partial charge in [-0.05, 0) is 43.9 Å². The third-order valence-electron chi connectivity index (χ3n) is 4.00. The lowest BCUT2D eigenvalue weighted by atomic mass is 10.1. The summed E-state index contributed by atoms with van der Waals surface area (Å²) in [6.07, 6.45) is -1.53. The Morgan fingerprint density at radius 2 is 1.85 bits per heavy atom. The number of nitrogens with one attached hydrogen (secondary N) is 1. The minimum Gasteiger partial charge on any atom is -0.497 e. The second-order valence-corrected chi connectivity index (χ2v) is 7.50. The zero-order valence-electron chi connectivity index (χ0n) is 15.8. The summed E-state index contributed by atoms with van der Waals surface area (Å²) in [4.78, 5) is 14.4. The molecule has 0 fully saturated rings. The standard InChI is InChI=1S/C20H26N2O4S/c1-22(2)13-12-21-16-6-4-5-7-17(16)27-19(18(23)20(24)25)14-8-10-15(26-3)11-9-14/h4-11,18-19,21,23H,12-13H2,1-3H3,(H,24,25)/t18-,19+/m1/s1. The number of thioether (sulfide) groups is 1. The molecule has 3 N–H and O–H groups in total. The van der Waals surface area contributed by atoms with E-state index >= 15 is 0 Å². The second-order valence-electron chi connectivity index (χ2n) is 6.32. The van der Waals surface area contributed by atoms with E-state index in [0.29, 0.717) is 5.75 Å². The molecule has 2 rings (SSSR count). The molecule has 2 aromatic rings. The van der Waals surface area contributed by atoms with Crippen LogP contribution in [0.1, 0.15) is 10.8 Å². The van der Waals surface area contributed by atoms with Gasteiger partial charge < -0.3 is 25.2 Å². The molecule has 7 heteroatoms. The van der Waals surface area contributed by atoms with Crippen LogP contribution in [0.2, 0.25) is 0 Å². The van der Waals surface area contributed by atoms with Gasteiger partial charge >= 0.3 is 5.97 Å². The number of para-hydroxylation sites is 1. The first kappa shape index (κ1) is 21.1. The highest BCUT2D eigenvalue weighted by Gasteiger charge is 2.29. The van der Waals surface area contributed by atoms with Crippen molar-refractivity contribution < 1.29 is 19.7 Å². The van der Waals surface area contributed by atoms with Gasteiger partial charge in [-0.2, -0.15) is 0 Å². The number of hydrogen-bond acceptors (Lipinski definition) is 6. The van der Waals surface area contributed by atoms with Gasteiger partial charge in [0, 0.05) is 23.7 Å². The van der Waals surface area contributed by atoms with Gasteiger partial charge in [-0.1, -0.05) is 24.3 Å². The Balaban J connectivity index is 2.25. The molecule has 0 unspecified atom stereocenters. The fourth-order valence-electron chi connectivity index (χ4n) is 2.50. The van der Waals surface area contributed by atoms with Gasteiger partial charge in [-0.15, -0.1) is 11.8 Å². The van der Waals surface area contributed by atoms with Crippen molar-refractivity contribution in [2.24, 2.45) is 0 Å². The molecule has 0 heterocycles. The number of rotatable bonds is 10. The quantitative estimate of drug-likeness (QED) is 0.538. The van der Waals surface area contributed by atoms with Crippen LogP contribution in [0.4, 0.5) is 5.69 Å². The first-order valence-corrected chi connectivity index (χ1v) is 9.49. The lowest BCUT2D eigenvalue weighted by Gasteiger charge is -2.22. The number of carbonyl (C=O) groups is 1. The molecule has 0 saturated carbocycles. The van der Waals surface area contributed by atoms with E-state index in [2.05, 4.69) is 10.2 Å². The molecule has 2 aromatic carbocycles. The summed E-state index contributed by atoms with van der Waals surface area (Å²) in [6.45, 7) is 1.64. The van der Waals surface area contributed by atoms with Gasteiger partial charge in [0.2, 0.25) is 0 Å². The highest BCUT2D eigenvalue weighted by atomic mass is 32.2. The first-order chi connectivity index (χ1) is 12.9. The van der Waals surface area contributed by atoms with Crippen LogP contribution >= 0.6 is 11.8 Å². The number of aliphatic hydroxyl groups excluding tert-OH is 1. The van der Waals surface area contributed by atoms with Crippen LogP contribution in [-0.2, 0) is 4.79 Å².